The molecule has 66 valence electrons. The van der Waals surface area contributed by atoms with Gasteiger partial charge in [0.25, 0.3) is 0 Å². The van der Waals surface area contributed by atoms with E-state index in [1.54, 1.807) is 0 Å². The van der Waals surface area contributed by atoms with Crippen LogP contribution in [0.25, 0.3) is 0 Å². The molecule has 0 aromatic heterocycles. The average molecular weight is 237 g/mol. The lowest BCUT2D eigenvalue weighted by atomic mass is 10.1. The molecule has 2 heteroatoms. The summed E-state index contributed by atoms with van der Waals surface area (Å²) in [6.07, 6.45) is 1.09. The van der Waals surface area contributed by atoms with E-state index >= 15 is 0 Å². The summed E-state index contributed by atoms with van der Waals surface area (Å²) in [5, 5.41) is 0. The normalized spacial score (nSPS) is 8.77. The monoisotopic (exact) mass is 236 g/mol. The van der Waals surface area contributed by atoms with Crippen LogP contribution in [0.5, 0.6) is 0 Å². The molecule has 0 aliphatic rings. The Morgan fingerprint density at radius 3 is 3.00 bits per heavy atom. The summed E-state index contributed by atoms with van der Waals surface area (Å²) in [5.41, 5.74) is 2.10. The van der Waals surface area contributed by atoms with Crippen LogP contribution in [-0.2, 0) is 4.79 Å². The molecular formula is C11H9BrO. The molecule has 0 amide bonds. The van der Waals surface area contributed by atoms with E-state index in [1.165, 1.54) is 5.56 Å². The predicted molar refractivity (Wildman–Crippen MR) is 56.4 cm³/mol. The second kappa shape index (κ2) is 4.84. The molecule has 0 unspecified atom stereocenters. The predicted octanol–water partition coefficient (Wildman–Crippen LogP) is 2.70. The minimum absolute atomic E-state index is 0.292. The highest BCUT2D eigenvalue weighted by molar-refractivity contribution is 9.10. The van der Waals surface area contributed by atoms with E-state index in [2.05, 4.69) is 27.8 Å². The van der Waals surface area contributed by atoms with E-state index < -0.39 is 0 Å². The van der Waals surface area contributed by atoms with Gasteiger partial charge >= 0.3 is 0 Å². The first-order valence-electron chi connectivity index (χ1n) is 3.92. The van der Waals surface area contributed by atoms with Crippen molar-refractivity contribution in [1.29, 1.82) is 0 Å². The second-order valence-corrected chi connectivity index (χ2v) is 3.51. The summed E-state index contributed by atoms with van der Waals surface area (Å²) in [5.74, 6) is 5.70. The van der Waals surface area contributed by atoms with E-state index in [0.29, 0.717) is 6.42 Å². The molecule has 1 rings (SSSR count). The molecule has 13 heavy (non-hydrogen) atoms. The minimum Gasteiger partial charge on any atom is -0.302 e. The molecule has 0 saturated heterocycles. The maximum absolute atomic E-state index is 10.0. The summed E-state index contributed by atoms with van der Waals surface area (Å²) in [4.78, 5) is 10.0. The van der Waals surface area contributed by atoms with Crippen LogP contribution in [-0.4, -0.2) is 6.29 Å². The van der Waals surface area contributed by atoms with E-state index in [0.717, 1.165) is 16.3 Å². The standard InChI is InChI=1S/C11H9BrO/c1-9-5-6-11(12)10(8-9)4-2-3-7-13/h5-8H,3H2,1H3. The van der Waals surface area contributed by atoms with Gasteiger partial charge < -0.3 is 4.79 Å². The van der Waals surface area contributed by atoms with Crippen LogP contribution in [0.15, 0.2) is 22.7 Å². The fraction of sp³-hybridized carbons (Fsp3) is 0.182. The van der Waals surface area contributed by atoms with Crippen LogP contribution in [0.2, 0.25) is 0 Å². The number of rotatable bonds is 1. The molecule has 1 nitrogen and oxygen atoms in total. The van der Waals surface area contributed by atoms with E-state index in [1.807, 2.05) is 25.1 Å². The Bertz CT molecular complexity index is 371. The molecule has 0 atom stereocenters. The van der Waals surface area contributed by atoms with E-state index in [9.17, 15) is 4.79 Å². The fourth-order valence-corrected chi connectivity index (χ4v) is 1.27. The number of halogens is 1. The van der Waals surface area contributed by atoms with Crippen molar-refractivity contribution in [3.05, 3.63) is 33.8 Å². The molecule has 1 aromatic carbocycles. The Morgan fingerprint density at radius 1 is 1.54 bits per heavy atom. The van der Waals surface area contributed by atoms with Gasteiger partial charge in [-0.05, 0) is 40.5 Å². The molecule has 0 fully saturated rings. The lowest BCUT2D eigenvalue weighted by molar-refractivity contribution is -0.107. The molecule has 0 bridgehead atoms. The summed E-state index contributed by atoms with van der Waals surface area (Å²) < 4.78 is 0.969. The Kier molecular flexibility index (Phi) is 3.72. The number of aryl methyl sites for hydroxylation is 1. The third-order valence-corrected chi connectivity index (χ3v) is 2.22. The van der Waals surface area contributed by atoms with Crippen molar-refractivity contribution in [3.8, 4) is 11.8 Å². The molecular weight excluding hydrogens is 228 g/mol. The van der Waals surface area contributed by atoms with Crippen LogP contribution < -0.4 is 0 Å². The van der Waals surface area contributed by atoms with Gasteiger partial charge in [0.05, 0.1) is 6.42 Å². The second-order valence-electron chi connectivity index (χ2n) is 2.66. The quantitative estimate of drug-likeness (QED) is 0.542. The van der Waals surface area contributed by atoms with Gasteiger partial charge in [-0.3, -0.25) is 0 Å². The lowest BCUT2D eigenvalue weighted by Gasteiger charge is -1.96. The number of hydrogen-bond acceptors (Lipinski definition) is 1. The number of carbonyl (C=O) groups excluding carboxylic acids is 1. The number of carbonyl (C=O) groups is 1. The Balaban J connectivity index is 2.95. The van der Waals surface area contributed by atoms with Crippen molar-refractivity contribution in [3.63, 3.8) is 0 Å². The van der Waals surface area contributed by atoms with Crippen LogP contribution >= 0.6 is 15.9 Å². The van der Waals surface area contributed by atoms with Gasteiger partial charge in [-0.2, -0.15) is 0 Å². The van der Waals surface area contributed by atoms with Crippen molar-refractivity contribution in [2.24, 2.45) is 0 Å². The zero-order chi connectivity index (χ0) is 9.68. The zero-order valence-electron chi connectivity index (χ0n) is 7.30. The third-order valence-electron chi connectivity index (χ3n) is 1.53. The maximum Gasteiger partial charge on any atom is 0.131 e. The summed E-state index contributed by atoms with van der Waals surface area (Å²) in [6, 6.07) is 5.96. The van der Waals surface area contributed by atoms with Crippen molar-refractivity contribution in [1.82, 2.24) is 0 Å². The topological polar surface area (TPSA) is 17.1 Å². The Hall–Kier alpha value is -1.07. The van der Waals surface area contributed by atoms with Crippen LogP contribution in [0.3, 0.4) is 0 Å². The fourth-order valence-electron chi connectivity index (χ4n) is 0.923. The largest absolute Gasteiger partial charge is 0.302 e. The number of benzene rings is 1. The van der Waals surface area contributed by atoms with Crippen LogP contribution in [0.4, 0.5) is 0 Å². The summed E-state index contributed by atoms with van der Waals surface area (Å²) >= 11 is 3.39. The first-order chi connectivity index (χ1) is 6.24. The highest BCUT2D eigenvalue weighted by Gasteiger charge is 1.94. The van der Waals surface area contributed by atoms with Gasteiger partial charge in [0.1, 0.15) is 6.29 Å². The molecule has 0 N–H and O–H groups in total. The van der Waals surface area contributed by atoms with Gasteiger partial charge in [0.2, 0.25) is 0 Å². The van der Waals surface area contributed by atoms with Gasteiger partial charge in [-0.15, -0.1) is 0 Å². The highest BCUT2D eigenvalue weighted by atomic mass is 79.9. The molecule has 0 saturated carbocycles. The van der Waals surface area contributed by atoms with Crippen molar-refractivity contribution < 1.29 is 4.79 Å². The van der Waals surface area contributed by atoms with E-state index in [4.69, 9.17) is 0 Å². The molecule has 0 aliphatic heterocycles. The maximum atomic E-state index is 10.0. The van der Waals surface area contributed by atoms with Crippen molar-refractivity contribution >= 4 is 22.2 Å². The Labute approximate surface area is 86.3 Å². The summed E-state index contributed by atoms with van der Waals surface area (Å²) in [6.45, 7) is 2.01. The zero-order valence-corrected chi connectivity index (χ0v) is 8.89. The number of aldehydes is 1. The molecule has 0 spiro atoms. The molecule has 0 radical (unpaired) electrons. The first-order valence-corrected chi connectivity index (χ1v) is 4.72. The minimum atomic E-state index is 0.292. The molecule has 1 aromatic rings. The van der Waals surface area contributed by atoms with Gasteiger partial charge in [-0.25, -0.2) is 0 Å². The molecule has 0 heterocycles. The molecule has 0 aliphatic carbocycles. The Morgan fingerprint density at radius 2 is 2.31 bits per heavy atom. The average Bonchev–Trinajstić information content (AvgIpc) is 2.11. The van der Waals surface area contributed by atoms with Gasteiger partial charge in [-0.1, -0.05) is 17.9 Å². The lowest BCUT2D eigenvalue weighted by Crippen LogP contribution is -1.80. The van der Waals surface area contributed by atoms with Crippen molar-refractivity contribution in [2.45, 2.75) is 13.3 Å². The number of hydrogen-bond donors (Lipinski definition) is 0. The smallest absolute Gasteiger partial charge is 0.131 e. The van der Waals surface area contributed by atoms with Crippen LogP contribution in [0.1, 0.15) is 17.5 Å². The highest BCUT2D eigenvalue weighted by Crippen LogP contribution is 2.16. The van der Waals surface area contributed by atoms with Crippen molar-refractivity contribution in [2.75, 3.05) is 0 Å². The van der Waals surface area contributed by atoms with Gasteiger partial charge in [0, 0.05) is 10.0 Å². The SMILES string of the molecule is Cc1ccc(Br)c(C#CCC=O)c1. The van der Waals surface area contributed by atoms with Gasteiger partial charge in [0.15, 0.2) is 0 Å². The first kappa shape index (κ1) is 10.0. The van der Waals surface area contributed by atoms with Crippen LogP contribution in [0, 0.1) is 18.8 Å². The third kappa shape index (κ3) is 3.04. The summed E-state index contributed by atoms with van der Waals surface area (Å²) in [7, 11) is 0. The van der Waals surface area contributed by atoms with E-state index in [-0.39, 0.29) is 0 Å².